The van der Waals surface area contributed by atoms with E-state index in [1.165, 1.54) is 0 Å². The van der Waals surface area contributed by atoms with Gasteiger partial charge >= 0.3 is 0 Å². The van der Waals surface area contributed by atoms with Crippen molar-refractivity contribution < 1.29 is 9.84 Å². The maximum atomic E-state index is 10.6. The zero-order chi connectivity index (χ0) is 13.7. The number of ether oxygens (including phenoxy) is 1. The van der Waals surface area contributed by atoms with Crippen LogP contribution >= 0.6 is 11.3 Å². The second kappa shape index (κ2) is 6.70. The normalized spacial score (nSPS) is 14.1. The van der Waals surface area contributed by atoms with Gasteiger partial charge in [0.25, 0.3) is 0 Å². The van der Waals surface area contributed by atoms with Crippen molar-refractivity contribution in [3.63, 3.8) is 0 Å². The molecular weight excluding hydrogens is 258 g/mol. The summed E-state index contributed by atoms with van der Waals surface area (Å²) < 4.78 is 5.57. The first-order valence-corrected chi connectivity index (χ1v) is 7.29. The zero-order valence-corrected chi connectivity index (χ0v) is 11.8. The molecule has 1 aromatic heterocycles. The van der Waals surface area contributed by atoms with Crippen LogP contribution in [0.3, 0.4) is 0 Å². The molecule has 0 saturated carbocycles. The second-order valence-electron chi connectivity index (χ2n) is 4.27. The molecule has 4 heteroatoms. The maximum absolute atomic E-state index is 10.6. The molecule has 0 aliphatic carbocycles. The minimum absolute atomic E-state index is 0.0957. The molecule has 0 radical (unpaired) electrons. The summed E-state index contributed by atoms with van der Waals surface area (Å²) >= 11 is 1.62. The van der Waals surface area contributed by atoms with Crippen LogP contribution < -0.4 is 10.5 Å². The Morgan fingerprint density at radius 3 is 2.68 bits per heavy atom. The first kappa shape index (κ1) is 14.1. The summed E-state index contributed by atoms with van der Waals surface area (Å²) in [6, 6.07) is 11.6. The predicted molar refractivity (Wildman–Crippen MR) is 78.7 cm³/mol. The highest BCUT2D eigenvalue weighted by Crippen LogP contribution is 2.36. The number of benzene rings is 1. The van der Waals surface area contributed by atoms with Gasteiger partial charge in [-0.15, -0.1) is 11.3 Å². The Kier molecular flexibility index (Phi) is 4.96. The van der Waals surface area contributed by atoms with E-state index in [0.717, 1.165) is 16.2 Å². The Labute approximate surface area is 117 Å². The van der Waals surface area contributed by atoms with Crippen molar-refractivity contribution in [2.75, 3.05) is 13.2 Å². The molecule has 19 heavy (non-hydrogen) atoms. The van der Waals surface area contributed by atoms with Gasteiger partial charge in [0.05, 0.1) is 12.7 Å². The lowest BCUT2D eigenvalue weighted by Crippen LogP contribution is -2.19. The molecule has 102 valence electrons. The number of rotatable bonds is 6. The third kappa shape index (κ3) is 3.15. The highest BCUT2D eigenvalue weighted by Gasteiger charge is 2.24. The lowest BCUT2D eigenvalue weighted by molar-refractivity contribution is 0.144. The Bertz CT molecular complexity index is 499. The molecule has 2 rings (SSSR count). The van der Waals surface area contributed by atoms with Crippen LogP contribution in [0.5, 0.6) is 5.75 Å². The van der Waals surface area contributed by atoms with E-state index in [4.69, 9.17) is 10.5 Å². The number of hydrogen-bond donors (Lipinski definition) is 2. The molecule has 2 unspecified atom stereocenters. The van der Waals surface area contributed by atoms with Crippen molar-refractivity contribution in [1.82, 2.24) is 0 Å². The number of nitrogens with two attached hydrogens (primary N) is 1. The van der Waals surface area contributed by atoms with Gasteiger partial charge in [-0.3, -0.25) is 0 Å². The fourth-order valence-electron chi connectivity index (χ4n) is 2.13. The number of aliphatic hydroxyl groups excluding tert-OH is 1. The highest BCUT2D eigenvalue weighted by molar-refractivity contribution is 7.10. The van der Waals surface area contributed by atoms with Crippen LogP contribution in [0.25, 0.3) is 0 Å². The van der Waals surface area contributed by atoms with Gasteiger partial charge in [0, 0.05) is 22.9 Å². The average Bonchev–Trinajstić information content (AvgIpc) is 2.94. The molecular formula is C15H19NO2S. The minimum atomic E-state index is -0.647. The van der Waals surface area contributed by atoms with Gasteiger partial charge in [-0.1, -0.05) is 24.3 Å². The van der Waals surface area contributed by atoms with E-state index in [-0.39, 0.29) is 5.92 Å². The SMILES string of the molecule is CCOc1ccccc1C(O)C(CN)c1cccs1. The van der Waals surface area contributed by atoms with Crippen molar-refractivity contribution in [2.45, 2.75) is 18.9 Å². The topological polar surface area (TPSA) is 55.5 Å². The van der Waals surface area contributed by atoms with E-state index >= 15 is 0 Å². The Balaban J connectivity index is 2.29. The number of para-hydroxylation sites is 1. The molecule has 0 saturated heterocycles. The van der Waals surface area contributed by atoms with Crippen LogP contribution in [-0.2, 0) is 0 Å². The van der Waals surface area contributed by atoms with Crippen LogP contribution in [-0.4, -0.2) is 18.3 Å². The van der Waals surface area contributed by atoms with E-state index in [0.29, 0.717) is 13.2 Å². The van der Waals surface area contributed by atoms with Crippen molar-refractivity contribution >= 4 is 11.3 Å². The molecule has 3 N–H and O–H groups in total. The monoisotopic (exact) mass is 277 g/mol. The summed E-state index contributed by atoms with van der Waals surface area (Å²) in [5, 5.41) is 12.6. The Morgan fingerprint density at radius 1 is 1.26 bits per heavy atom. The van der Waals surface area contributed by atoms with Crippen LogP contribution in [0.15, 0.2) is 41.8 Å². The first-order valence-electron chi connectivity index (χ1n) is 6.41. The van der Waals surface area contributed by atoms with Gasteiger partial charge in [-0.2, -0.15) is 0 Å². The molecule has 0 aliphatic rings. The molecule has 1 aromatic carbocycles. The third-order valence-corrected chi connectivity index (χ3v) is 4.09. The average molecular weight is 277 g/mol. The Morgan fingerprint density at radius 2 is 2.05 bits per heavy atom. The molecule has 0 aliphatic heterocycles. The highest BCUT2D eigenvalue weighted by atomic mass is 32.1. The van der Waals surface area contributed by atoms with Crippen molar-refractivity contribution in [2.24, 2.45) is 5.73 Å². The number of thiophene rings is 1. The Hall–Kier alpha value is -1.36. The summed E-state index contributed by atoms with van der Waals surface area (Å²) in [6.45, 7) is 2.92. The standard InChI is InChI=1S/C15H19NO2S/c1-2-18-13-7-4-3-6-11(13)15(17)12(10-16)14-8-5-9-19-14/h3-9,12,15,17H,2,10,16H2,1H3. The van der Waals surface area contributed by atoms with Gasteiger partial charge in [-0.05, 0) is 24.4 Å². The van der Waals surface area contributed by atoms with Crippen molar-refractivity contribution in [3.05, 3.63) is 52.2 Å². The summed E-state index contributed by atoms with van der Waals surface area (Å²) in [5.74, 6) is 0.633. The molecule has 0 bridgehead atoms. The molecule has 0 spiro atoms. The van der Waals surface area contributed by atoms with Crippen molar-refractivity contribution in [3.8, 4) is 5.75 Å². The smallest absolute Gasteiger partial charge is 0.125 e. The van der Waals surface area contributed by atoms with E-state index in [1.807, 2.05) is 48.7 Å². The third-order valence-electron chi connectivity index (χ3n) is 3.08. The summed E-state index contributed by atoms with van der Waals surface area (Å²) in [4.78, 5) is 1.10. The fourth-order valence-corrected chi connectivity index (χ4v) is 3.00. The fraction of sp³-hybridized carbons (Fsp3) is 0.333. The van der Waals surface area contributed by atoms with Crippen LogP contribution in [0.4, 0.5) is 0 Å². The molecule has 2 atom stereocenters. The summed E-state index contributed by atoms with van der Waals surface area (Å²) in [7, 11) is 0. The maximum Gasteiger partial charge on any atom is 0.125 e. The second-order valence-corrected chi connectivity index (χ2v) is 5.25. The van der Waals surface area contributed by atoms with Crippen LogP contribution in [0.2, 0.25) is 0 Å². The van der Waals surface area contributed by atoms with Gasteiger partial charge in [-0.25, -0.2) is 0 Å². The van der Waals surface area contributed by atoms with Crippen LogP contribution in [0, 0.1) is 0 Å². The van der Waals surface area contributed by atoms with E-state index < -0.39 is 6.10 Å². The quantitative estimate of drug-likeness (QED) is 0.853. The molecule has 0 fully saturated rings. The molecule has 1 heterocycles. The predicted octanol–water partition coefficient (Wildman–Crippen LogP) is 2.92. The lowest BCUT2D eigenvalue weighted by atomic mass is 9.94. The van der Waals surface area contributed by atoms with Crippen LogP contribution in [0.1, 0.15) is 29.4 Å². The zero-order valence-electron chi connectivity index (χ0n) is 11.0. The van der Waals surface area contributed by atoms with Gasteiger partial charge < -0.3 is 15.6 Å². The molecule has 2 aromatic rings. The van der Waals surface area contributed by atoms with Gasteiger partial charge in [0.2, 0.25) is 0 Å². The summed E-state index contributed by atoms with van der Waals surface area (Å²) in [6.07, 6.45) is -0.647. The summed E-state index contributed by atoms with van der Waals surface area (Å²) in [5.41, 5.74) is 6.63. The van der Waals surface area contributed by atoms with Gasteiger partial charge in [0.15, 0.2) is 0 Å². The van der Waals surface area contributed by atoms with Crippen molar-refractivity contribution in [1.29, 1.82) is 0 Å². The number of aliphatic hydroxyl groups is 1. The van der Waals surface area contributed by atoms with E-state index in [1.54, 1.807) is 11.3 Å². The largest absolute Gasteiger partial charge is 0.493 e. The first-order chi connectivity index (χ1) is 9.27. The lowest BCUT2D eigenvalue weighted by Gasteiger charge is -2.22. The van der Waals surface area contributed by atoms with E-state index in [9.17, 15) is 5.11 Å². The minimum Gasteiger partial charge on any atom is -0.493 e. The van der Waals surface area contributed by atoms with E-state index in [2.05, 4.69) is 0 Å². The molecule has 0 amide bonds. The van der Waals surface area contributed by atoms with Gasteiger partial charge in [0.1, 0.15) is 5.75 Å². The molecule has 3 nitrogen and oxygen atoms in total. The number of hydrogen-bond acceptors (Lipinski definition) is 4.